The SMILES string of the molecule is CCOc1ccccc1C(CSc1nccc(=O)[nH]1)NC. The smallest absolute Gasteiger partial charge is 0.251 e. The van der Waals surface area contributed by atoms with Crippen LogP contribution in [0.2, 0.25) is 0 Å². The second kappa shape index (κ2) is 7.85. The van der Waals surface area contributed by atoms with E-state index in [-0.39, 0.29) is 11.6 Å². The van der Waals surface area contributed by atoms with Gasteiger partial charge >= 0.3 is 0 Å². The molecule has 0 bridgehead atoms. The van der Waals surface area contributed by atoms with Crippen molar-refractivity contribution in [1.29, 1.82) is 0 Å². The van der Waals surface area contributed by atoms with E-state index in [1.54, 1.807) is 0 Å². The summed E-state index contributed by atoms with van der Waals surface area (Å²) in [6.07, 6.45) is 1.52. The Kier molecular flexibility index (Phi) is 5.83. The Balaban J connectivity index is 2.11. The zero-order chi connectivity index (χ0) is 15.1. The summed E-state index contributed by atoms with van der Waals surface area (Å²) >= 11 is 1.50. The third-order valence-electron chi connectivity index (χ3n) is 2.98. The van der Waals surface area contributed by atoms with Crippen molar-refractivity contribution in [3.05, 3.63) is 52.4 Å². The fourth-order valence-electron chi connectivity index (χ4n) is 1.97. The lowest BCUT2D eigenvalue weighted by Gasteiger charge is -2.19. The number of aromatic amines is 1. The third-order valence-corrected chi connectivity index (χ3v) is 3.96. The molecular weight excluding hydrogens is 286 g/mol. The number of hydrogen-bond donors (Lipinski definition) is 2. The van der Waals surface area contributed by atoms with Crippen molar-refractivity contribution in [2.75, 3.05) is 19.4 Å². The molecule has 0 aliphatic rings. The van der Waals surface area contributed by atoms with Crippen molar-refractivity contribution in [3.8, 4) is 5.75 Å². The second-order valence-corrected chi connectivity index (χ2v) is 5.37. The zero-order valence-corrected chi connectivity index (χ0v) is 12.9. The van der Waals surface area contributed by atoms with E-state index in [0.717, 1.165) is 17.1 Å². The molecule has 0 saturated heterocycles. The van der Waals surface area contributed by atoms with E-state index in [4.69, 9.17) is 4.74 Å². The van der Waals surface area contributed by atoms with Crippen molar-refractivity contribution in [3.63, 3.8) is 0 Å². The van der Waals surface area contributed by atoms with Crippen molar-refractivity contribution in [2.45, 2.75) is 18.1 Å². The third kappa shape index (κ3) is 4.34. The van der Waals surface area contributed by atoms with E-state index in [1.807, 2.05) is 38.2 Å². The predicted octanol–water partition coefficient (Wildman–Crippen LogP) is 2.22. The zero-order valence-electron chi connectivity index (χ0n) is 12.1. The van der Waals surface area contributed by atoms with Gasteiger partial charge < -0.3 is 15.0 Å². The van der Waals surface area contributed by atoms with Gasteiger partial charge in [-0.2, -0.15) is 0 Å². The Labute approximate surface area is 128 Å². The summed E-state index contributed by atoms with van der Waals surface area (Å²) < 4.78 is 5.67. The highest BCUT2D eigenvalue weighted by Crippen LogP contribution is 2.28. The molecule has 2 rings (SSSR count). The minimum absolute atomic E-state index is 0.114. The number of nitrogens with zero attached hydrogens (tertiary/aromatic N) is 1. The molecule has 1 atom stereocenters. The average Bonchev–Trinajstić information content (AvgIpc) is 2.50. The van der Waals surface area contributed by atoms with Crippen LogP contribution in [0.1, 0.15) is 18.5 Å². The fraction of sp³-hybridized carbons (Fsp3) is 0.333. The van der Waals surface area contributed by atoms with E-state index in [2.05, 4.69) is 15.3 Å². The number of rotatable bonds is 7. The Morgan fingerprint density at radius 2 is 2.19 bits per heavy atom. The first-order chi connectivity index (χ1) is 10.2. The number of ether oxygens (including phenoxy) is 1. The first kappa shape index (κ1) is 15.6. The van der Waals surface area contributed by atoms with Crippen LogP contribution in [0.4, 0.5) is 0 Å². The number of thioether (sulfide) groups is 1. The Morgan fingerprint density at radius 1 is 1.38 bits per heavy atom. The lowest BCUT2D eigenvalue weighted by molar-refractivity contribution is 0.333. The van der Waals surface area contributed by atoms with Crippen LogP contribution in [0.25, 0.3) is 0 Å². The Bertz CT molecular complexity index is 630. The second-order valence-electron chi connectivity index (χ2n) is 4.36. The molecule has 1 aromatic carbocycles. The highest BCUT2D eigenvalue weighted by Gasteiger charge is 2.15. The van der Waals surface area contributed by atoms with E-state index < -0.39 is 0 Å². The quantitative estimate of drug-likeness (QED) is 0.606. The molecule has 0 amide bonds. The molecule has 2 aromatic rings. The predicted molar refractivity (Wildman–Crippen MR) is 85.0 cm³/mol. The average molecular weight is 305 g/mol. The van der Waals surface area contributed by atoms with Crippen LogP contribution in [0.3, 0.4) is 0 Å². The number of para-hydroxylation sites is 1. The van der Waals surface area contributed by atoms with E-state index in [1.165, 1.54) is 24.0 Å². The molecule has 5 nitrogen and oxygen atoms in total. The molecular formula is C15H19N3O2S. The summed E-state index contributed by atoms with van der Waals surface area (Å²) in [5.41, 5.74) is 0.968. The Morgan fingerprint density at radius 3 is 2.90 bits per heavy atom. The minimum Gasteiger partial charge on any atom is -0.494 e. The van der Waals surface area contributed by atoms with Gasteiger partial charge in [0.1, 0.15) is 5.75 Å². The van der Waals surface area contributed by atoms with Crippen LogP contribution in [0.15, 0.2) is 46.5 Å². The van der Waals surface area contributed by atoms with Gasteiger partial charge in [-0.25, -0.2) is 4.98 Å². The van der Waals surface area contributed by atoms with E-state index in [9.17, 15) is 4.79 Å². The monoisotopic (exact) mass is 305 g/mol. The normalized spacial score (nSPS) is 12.1. The molecule has 0 saturated carbocycles. The van der Waals surface area contributed by atoms with Crippen molar-refractivity contribution in [2.24, 2.45) is 0 Å². The first-order valence-corrected chi connectivity index (χ1v) is 7.80. The summed E-state index contributed by atoms with van der Waals surface area (Å²) in [6.45, 7) is 2.60. The number of aromatic nitrogens is 2. The maximum Gasteiger partial charge on any atom is 0.251 e. The molecule has 0 fully saturated rings. The van der Waals surface area contributed by atoms with Crippen LogP contribution < -0.4 is 15.6 Å². The van der Waals surface area contributed by atoms with Crippen molar-refractivity contribution >= 4 is 11.8 Å². The maximum absolute atomic E-state index is 11.3. The molecule has 2 N–H and O–H groups in total. The number of nitrogens with one attached hydrogen (secondary N) is 2. The number of hydrogen-bond acceptors (Lipinski definition) is 5. The van der Waals surface area contributed by atoms with E-state index >= 15 is 0 Å². The number of benzene rings is 1. The maximum atomic E-state index is 11.3. The van der Waals surface area contributed by atoms with Gasteiger partial charge in [0.25, 0.3) is 5.56 Å². The van der Waals surface area contributed by atoms with Gasteiger partial charge in [0.05, 0.1) is 6.61 Å². The van der Waals surface area contributed by atoms with Crippen LogP contribution in [-0.4, -0.2) is 29.4 Å². The van der Waals surface area contributed by atoms with Gasteiger partial charge in [-0.3, -0.25) is 4.79 Å². The highest BCUT2D eigenvalue weighted by molar-refractivity contribution is 7.99. The van der Waals surface area contributed by atoms with Gasteiger partial charge in [-0.05, 0) is 20.0 Å². The van der Waals surface area contributed by atoms with E-state index in [0.29, 0.717) is 11.8 Å². The molecule has 0 aliphatic carbocycles. The standard InChI is InChI=1S/C15H19N3O2S/c1-3-20-13-7-5-4-6-11(13)12(16-2)10-21-15-17-9-8-14(19)18-15/h4-9,12,16H,3,10H2,1-2H3,(H,17,18,19). The van der Waals surface area contributed by atoms with Gasteiger partial charge in [0.2, 0.25) is 0 Å². The molecule has 0 spiro atoms. The summed E-state index contributed by atoms with van der Waals surface area (Å²) in [4.78, 5) is 18.1. The minimum atomic E-state index is -0.136. The summed E-state index contributed by atoms with van der Waals surface area (Å²) in [7, 11) is 1.91. The molecule has 6 heteroatoms. The van der Waals surface area contributed by atoms with Crippen molar-refractivity contribution in [1.82, 2.24) is 15.3 Å². The highest BCUT2D eigenvalue weighted by atomic mass is 32.2. The van der Waals surface area contributed by atoms with Gasteiger partial charge in [0, 0.05) is 29.6 Å². The van der Waals surface area contributed by atoms with Crippen LogP contribution in [-0.2, 0) is 0 Å². The van der Waals surface area contributed by atoms with Crippen LogP contribution >= 0.6 is 11.8 Å². The molecule has 0 radical (unpaired) electrons. The largest absolute Gasteiger partial charge is 0.494 e. The van der Waals surface area contributed by atoms with Crippen LogP contribution in [0, 0.1) is 0 Å². The molecule has 112 valence electrons. The molecule has 21 heavy (non-hydrogen) atoms. The number of H-pyrrole nitrogens is 1. The van der Waals surface area contributed by atoms with Gasteiger partial charge in [-0.15, -0.1) is 0 Å². The fourth-order valence-corrected chi connectivity index (χ4v) is 2.95. The lowest BCUT2D eigenvalue weighted by Crippen LogP contribution is -2.20. The van der Waals surface area contributed by atoms with Gasteiger partial charge in [0.15, 0.2) is 5.16 Å². The van der Waals surface area contributed by atoms with Gasteiger partial charge in [-0.1, -0.05) is 30.0 Å². The Hall–Kier alpha value is -1.79. The molecule has 1 heterocycles. The molecule has 1 aromatic heterocycles. The first-order valence-electron chi connectivity index (χ1n) is 6.81. The topological polar surface area (TPSA) is 67.0 Å². The summed E-state index contributed by atoms with van der Waals surface area (Å²) in [5, 5.41) is 3.90. The summed E-state index contributed by atoms with van der Waals surface area (Å²) in [6, 6.07) is 9.50. The lowest BCUT2D eigenvalue weighted by atomic mass is 10.1. The molecule has 1 unspecified atom stereocenters. The molecule has 0 aliphatic heterocycles. The van der Waals surface area contributed by atoms with Crippen molar-refractivity contribution < 1.29 is 4.74 Å². The summed E-state index contributed by atoms with van der Waals surface area (Å²) in [5.74, 6) is 1.63. The van der Waals surface area contributed by atoms with Crippen LogP contribution in [0.5, 0.6) is 5.75 Å².